The fourth-order valence-electron chi connectivity index (χ4n) is 2.21. The van der Waals surface area contributed by atoms with Gasteiger partial charge >= 0.3 is 0 Å². The van der Waals surface area contributed by atoms with Crippen molar-refractivity contribution in [2.24, 2.45) is 5.41 Å². The number of thiol groups is 1. The molecule has 1 unspecified atom stereocenters. The first-order valence-electron chi connectivity index (χ1n) is 9.41. The van der Waals surface area contributed by atoms with Crippen molar-refractivity contribution in [2.75, 3.05) is 39.8 Å². The van der Waals surface area contributed by atoms with Crippen LogP contribution in [0.2, 0.25) is 0 Å². The lowest BCUT2D eigenvalue weighted by atomic mass is 9.95. The van der Waals surface area contributed by atoms with Gasteiger partial charge in [-0.3, -0.25) is 9.59 Å². The van der Waals surface area contributed by atoms with Crippen LogP contribution in [0.15, 0.2) is 0 Å². The van der Waals surface area contributed by atoms with E-state index in [-0.39, 0.29) is 17.2 Å². The molecule has 0 heterocycles. The number of hydrogen-bond donors (Lipinski definition) is 5. The molecule has 4 N–H and O–H groups in total. The zero-order chi connectivity index (χ0) is 20.1. The molecule has 0 spiro atoms. The number of carbonyl (C=O) groups is 2. The minimum atomic E-state index is -0.651. The largest absolute Gasteiger partial charge is 0.355 e. The molecular weight excluding hydrogens is 352 g/mol. The second kappa shape index (κ2) is 13.4. The van der Waals surface area contributed by atoms with Gasteiger partial charge in [0.05, 0.1) is 11.4 Å². The summed E-state index contributed by atoms with van der Waals surface area (Å²) in [5.74, 6) is -0.0928. The molecule has 154 valence electrons. The summed E-state index contributed by atoms with van der Waals surface area (Å²) < 4.78 is -0.651. The molecule has 1 atom stereocenters. The predicted octanol–water partition coefficient (Wildman–Crippen LogP) is 1.25. The lowest BCUT2D eigenvalue weighted by Crippen LogP contribution is -2.41. The van der Waals surface area contributed by atoms with E-state index in [9.17, 15) is 9.59 Å². The van der Waals surface area contributed by atoms with Crippen molar-refractivity contribution in [2.45, 2.75) is 58.1 Å². The highest BCUT2D eigenvalue weighted by atomic mass is 32.1. The Hall–Kier alpha value is -0.830. The molecule has 0 aromatic carbocycles. The Morgan fingerprint density at radius 3 is 2.38 bits per heavy atom. The number of rotatable bonds is 15. The van der Waals surface area contributed by atoms with Gasteiger partial charge in [0.2, 0.25) is 11.8 Å². The maximum atomic E-state index is 12.0. The summed E-state index contributed by atoms with van der Waals surface area (Å²) in [6.45, 7) is 11.0. The van der Waals surface area contributed by atoms with E-state index in [0.717, 1.165) is 25.9 Å². The molecule has 0 bridgehead atoms. The summed E-state index contributed by atoms with van der Waals surface area (Å²) in [6, 6.07) is 0. The Morgan fingerprint density at radius 2 is 1.77 bits per heavy atom. The molecule has 0 aliphatic carbocycles. The summed E-state index contributed by atoms with van der Waals surface area (Å²) in [4.78, 5) is 29.4. The van der Waals surface area contributed by atoms with E-state index in [1.54, 1.807) is 0 Å². The van der Waals surface area contributed by atoms with E-state index in [4.69, 9.17) is 4.84 Å². The third-order valence-electron chi connectivity index (χ3n) is 3.90. The molecule has 2 amide bonds. The average molecular weight is 391 g/mol. The maximum absolute atomic E-state index is 12.0. The molecule has 0 fully saturated rings. The van der Waals surface area contributed by atoms with Crippen LogP contribution in [-0.4, -0.2) is 56.4 Å². The zero-order valence-electron chi connectivity index (χ0n) is 17.0. The Labute approximate surface area is 164 Å². The fraction of sp³-hybridized carbons (Fsp3) is 0.889. The Morgan fingerprint density at radius 1 is 1.08 bits per heavy atom. The predicted molar refractivity (Wildman–Crippen MR) is 109 cm³/mol. The molecule has 0 aromatic heterocycles. The number of nitrogens with one attached hydrogen (secondary N) is 4. The topological polar surface area (TPSA) is 91.5 Å². The van der Waals surface area contributed by atoms with Crippen LogP contribution in [0.3, 0.4) is 0 Å². The van der Waals surface area contributed by atoms with Crippen molar-refractivity contribution in [3.63, 3.8) is 0 Å². The first-order chi connectivity index (χ1) is 12.1. The van der Waals surface area contributed by atoms with Crippen LogP contribution in [0, 0.1) is 5.41 Å². The highest BCUT2D eigenvalue weighted by molar-refractivity contribution is 7.82. The zero-order valence-corrected chi connectivity index (χ0v) is 17.9. The maximum Gasteiger partial charge on any atom is 0.235 e. The Kier molecular flexibility index (Phi) is 12.9. The molecule has 0 aromatic rings. The van der Waals surface area contributed by atoms with Crippen LogP contribution in [-0.2, 0) is 14.4 Å². The van der Waals surface area contributed by atoms with Crippen molar-refractivity contribution in [1.29, 1.82) is 0 Å². The SMILES string of the molecule is CCCC(C)(S)C(=O)NCCCC(=O)NCC(C)(C)CONCCNC. The molecular formula is C18H38N4O3S. The van der Waals surface area contributed by atoms with Gasteiger partial charge in [-0.2, -0.15) is 12.6 Å². The summed E-state index contributed by atoms with van der Waals surface area (Å²) in [6.07, 6.45) is 2.62. The molecule has 7 nitrogen and oxygen atoms in total. The minimum Gasteiger partial charge on any atom is -0.355 e. The van der Waals surface area contributed by atoms with Gasteiger partial charge in [-0.15, -0.1) is 0 Å². The van der Waals surface area contributed by atoms with Gasteiger partial charge in [-0.1, -0.05) is 27.2 Å². The first-order valence-corrected chi connectivity index (χ1v) is 9.86. The Bertz CT molecular complexity index is 417. The molecule has 0 aliphatic rings. The highest BCUT2D eigenvalue weighted by Gasteiger charge is 2.27. The summed E-state index contributed by atoms with van der Waals surface area (Å²) in [7, 11) is 1.88. The van der Waals surface area contributed by atoms with Crippen molar-refractivity contribution < 1.29 is 14.4 Å². The van der Waals surface area contributed by atoms with E-state index in [0.29, 0.717) is 32.5 Å². The molecule has 0 saturated heterocycles. The molecule has 0 aliphatic heterocycles. The van der Waals surface area contributed by atoms with E-state index in [2.05, 4.69) is 34.1 Å². The van der Waals surface area contributed by atoms with Crippen LogP contribution < -0.4 is 21.4 Å². The standard InChI is InChI=1S/C18H38N4O3S/c1-6-9-18(4,26)16(24)20-10-7-8-15(23)21-13-17(2,3)14-25-22-12-11-19-5/h19,22,26H,6-14H2,1-5H3,(H,20,24)(H,21,23). The fourth-order valence-corrected chi connectivity index (χ4v) is 2.52. The second-order valence-corrected chi connectivity index (χ2v) is 8.60. The van der Waals surface area contributed by atoms with Crippen molar-refractivity contribution >= 4 is 24.4 Å². The lowest BCUT2D eigenvalue weighted by Gasteiger charge is -2.24. The van der Waals surface area contributed by atoms with E-state index < -0.39 is 4.75 Å². The van der Waals surface area contributed by atoms with E-state index in [1.807, 2.05) is 34.7 Å². The van der Waals surface area contributed by atoms with Gasteiger partial charge in [0.25, 0.3) is 0 Å². The van der Waals surface area contributed by atoms with Gasteiger partial charge in [0, 0.05) is 38.0 Å². The summed E-state index contributed by atoms with van der Waals surface area (Å²) in [5.41, 5.74) is 2.72. The highest BCUT2D eigenvalue weighted by Crippen LogP contribution is 2.20. The quantitative estimate of drug-likeness (QED) is 0.165. The second-order valence-electron chi connectivity index (χ2n) is 7.61. The van der Waals surface area contributed by atoms with Gasteiger partial charge in [-0.05, 0) is 26.8 Å². The van der Waals surface area contributed by atoms with Crippen LogP contribution >= 0.6 is 12.6 Å². The molecule has 26 heavy (non-hydrogen) atoms. The average Bonchev–Trinajstić information content (AvgIpc) is 2.56. The number of hydrogen-bond acceptors (Lipinski definition) is 6. The van der Waals surface area contributed by atoms with Gasteiger partial charge in [-0.25, -0.2) is 5.48 Å². The third kappa shape index (κ3) is 12.5. The molecule has 0 rings (SSSR count). The molecule has 8 heteroatoms. The van der Waals surface area contributed by atoms with Gasteiger partial charge < -0.3 is 20.8 Å². The lowest BCUT2D eigenvalue weighted by molar-refractivity contribution is -0.124. The Balaban J connectivity index is 3.86. The van der Waals surface area contributed by atoms with Gasteiger partial charge in [0.15, 0.2) is 0 Å². The molecule has 0 saturated carbocycles. The summed E-state index contributed by atoms with van der Waals surface area (Å²) in [5, 5.41) is 8.80. The number of hydroxylamine groups is 1. The normalized spacial score (nSPS) is 13.9. The minimum absolute atomic E-state index is 0.0161. The summed E-state index contributed by atoms with van der Waals surface area (Å²) >= 11 is 4.40. The first kappa shape index (κ1) is 25.2. The van der Waals surface area contributed by atoms with Crippen molar-refractivity contribution in [3.05, 3.63) is 0 Å². The van der Waals surface area contributed by atoms with Crippen LogP contribution in [0.4, 0.5) is 0 Å². The smallest absolute Gasteiger partial charge is 0.235 e. The van der Waals surface area contributed by atoms with E-state index >= 15 is 0 Å². The van der Waals surface area contributed by atoms with Crippen LogP contribution in [0.25, 0.3) is 0 Å². The van der Waals surface area contributed by atoms with Crippen LogP contribution in [0.1, 0.15) is 53.4 Å². The molecule has 0 radical (unpaired) electrons. The third-order valence-corrected chi connectivity index (χ3v) is 4.32. The van der Waals surface area contributed by atoms with Crippen LogP contribution in [0.5, 0.6) is 0 Å². The monoisotopic (exact) mass is 390 g/mol. The number of amides is 2. The van der Waals surface area contributed by atoms with Crippen molar-refractivity contribution in [1.82, 2.24) is 21.4 Å². The number of likely N-dealkylation sites (N-methyl/N-ethyl adjacent to an activating group) is 1. The number of carbonyl (C=O) groups excluding carboxylic acids is 2. The van der Waals surface area contributed by atoms with Gasteiger partial charge in [0.1, 0.15) is 0 Å². The van der Waals surface area contributed by atoms with Crippen molar-refractivity contribution in [3.8, 4) is 0 Å². The van der Waals surface area contributed by atoms with E-state index in [1.165, 1.54) is 0 Å².